The number of rotatable bonds is 5. The summed E-state index contributed by atoms with van der Waals surface area (Å²) < 4.78 is 18.5. The van der Waals surface area contributed by atoms with Gasteiger partial charge in [0, 0.05) is 31.5 Å². The molecule has 0 bridgehead atoms. The van der Waals surface area contributed by atoms with E-state index in [2.05, 4.69) is 5.32 Å². The molecule has 2 aromatic rings. The van der Waals surface area contributed by atoms with Crippen LogP contribution in [-0.2, 0) is 4.79 Å². The Morgan fingerprint density at radius 2 is 1.86 bits per heavy atom. The Hall–Kier alpha value is -2.56. The third-order valence-electron chi connectivity index (χ3n) is 3.13. The van der Waals surface area contributed by atoms with Gasteiger partial charge in [0.15, 0.2) is 6.10 Å². The molecule has 2 rings (SSSR count). The fourth-order valence-electron chi connectivity index (χ4n) is 1.88. The number of hydrogen-bond donors (Lipinski definition) is 1. The van der Waals surface area contributed by atoms with Gasteiger partial charge in [-0.3, -0.25) is 4.79 Å². The molecule has 0 aliphatic carbocycles. The smallest absolute Gasteiger partial charge is 0.265 e. The van der Waals surface area contributed by atoms with E-state index >= 15 is 0 Å². The van der Waals surface area contributed by atoms with Crippen LogP contribution in [0.4, 0.5) is 15.8 Å². The largest absolute Gasteiger partial charge is 0.481 e. The van der Waals surface area contributed by atoms with E-state index in [1.807, 2.05) is 43.3 Å². The fourth-order valence-corrected chi connectivity index (χ4v) is 1.88. The molecule has 1 atom stereocenters. The molecule has 0 fully saturated rings. The zero-order chi connectivity index (χ0) is 16.1. The van der Waals surface area contributed by atoms with Crippen LogP contribution in [-0.4, -0.2) is 26.1 Å². The van der Waals surface area contributed by atoms with E-state index in [0.29, 0.717) is 11.4 Å². The van der Waals surface area contributed by atoms with Gasteiger partial charge in [-0.2, -0.15) is 0 Å². The van der Waals surface area contributed by atoms with Gasteiger partial charge in [0.05, 0.1) is 0 Å². The number of nitrogens with one attached hydrogen (secondary N) is 1. The van der Waals surface area contributed by atoms with Crippen molar-refractivity contribution >= 4 is 17.3 Å². The first-order valence-corrected chi connectivity index (χ1v) is 6.96. The zero-order valence-corrected chi connectivity index (χ0v) is 12.8. The second kappa shape index (κ2) is 6.93. The molecule has 0 aliphatic heterocycles. The molecule has 0 saturated carbocycles. The predicted octanol–water partition coefficient (Wildman–Crippen LogP) is 3.30. The van der Waals surface area contributed by atoms with Gasteiger partial charge in [-0.1, -0.05) is 6.07 Å². The Morgan fingerprint density at radius 3 is 2.45 bits per heavy atom. The first-order valence-electron chi connectivity index (χ1n) is 6.96. The molecule has 0 aliphatic rings. The first kappa shape index (κ1) is 15.8. The fraction of sp³-hybridized carbons (Fsp3) is 0.235. The summed E-state index contributed by atoms with van der Waals surface area (Å²) >= 11 is 0. The molecule has 1 amide bonds. The molecular weight excluding hydrogens is 283 g/mol. The van der Waals surface area contributed by atoms with Crippen LogP contribution in [0.3, 0.4) is 0 Å². The van der Waals surface area contributed by atoms with Gasteiger partial charge in [0.2, 0.25) is 0 Å². The lowest BCUT2D eigenvalue weighted by atomic mass is 10.2. The van der Waals surface area contributed by atoms with E-state index in [1.54, 1.807) is 13.0 Å². The number of carbonyl (C=O) groups excluding carboxylic acids is 1. The molecule has 0 saturated heterocycles. The summed E-state index contributed by atoms with van der Waals surface area (Å²) in [6.45, 7) is 1.62. The molecule has 0 radical (unpaired) electrons. The second-order valence-electron chi connectivity index (χ2n) is 5.15. The molecule has 0 spiro atoms. The van der Waals surface area contributed by atoms with E-state index in [1.165, 1.54) is 18.2 Å². The number of nitrogens with zero attached hydrogens (tertiary/aromatic N) is 1. The summed E-state index contributed by atoms with van der Waals surface area (Å²) in [4.78, 5) is 14.1. The highest BCUT2D eigenvalue weighted by Crippen LogP contribution is 2.17. The Morgan fingerprint density at radius 1 is 1.18 bits per heavy atom. The Bertz CT molecular complexity index is 641. The van der Waals surface area contributed by atoms with Gasteiger partial charge in [-0.05, 0) is 43.3 Å². The lowest BCUT2D eigenvalue weighted by Gasteiger charge is -2.16. The highest BCUT2D eigenvalue weighted by molar-refractivity contribution is 5.94. The minimum atomic E-state index is -0.727. The summed E-state index contributed by atoms with van der Waals surface area (Å²) in [5.74, 6) is -0.364. The summed E-state index contributed by atoms with van der Waals surface area (Å²) in [7, 11) is 3.89. The Balaban J connectivity index is 1.96. The molecule has 4 nitrogen and oxygen atoms in total. The number of hydrogen-bond acceptors (Lipinski definition) is 3. The van der Waals surface area contributed by atoms with Gasteiger partial charge in [0.25, 0.3) is 5.91 Å². The van der Waals surface area contributed by atoms with Gasteiger partial charge < -0.3 is 15.0 Å². The average molecular weight is 302 g/mol. The summed E-state index contributed by atoms with van der Waals surface area (Å²) in [5, 5.41) is 2.77. The first-order chi connectivity index (χ1) is 10.5. The van der Waals surface area contributed by atoms with E-state index in [-0.39, 0.29) is 5.91 Å². The van der Waals surface area contributed by atoms with Crippen LogP contribution in [0.15, 0.2) is 48.5 Å². The third kappa shape index (κ3) is 4.22. The molecule has 1 N–H and O–H groups in total. The van der Waals surface area contributed by atoms with E-state index in [9.17, 15) is 9.18 Å². The average Bonchev–Trinajstić information content (AvgIpc) is 2.47. The highest BCUT2D eigenvalue weighted by Gasteiger charge is 2.15. The van der Waals surface area contributed by atoms with Crippen molar-refractivity contribution in [1.82, 2.24) is 0 Å². The van der Waals surface area contributed by atoms with Crippen LogP contribution in [0.2, 0.25) is 0 Å². The minimum Gasteiger partial charge on any atom is -0.481 e. The monoisotopic (exact) mass is 302 g/mol. The van der Waals surface area contributed by atoms with E-state index in [0.717, 1.165) is 5.69 Å². The molecule has 22 heavy (non-hydrogen) atoms. The SMILES string of the molecule is CC(Oc1cccc(F)c1)C(=O)Nc1ccc(N(C)C)cc1. The van der Waals surface area contributed by atoms with E-state index < -0.39 is 11.9 Å². The van der Waals surface area contributed by atoms with Crippen molar-refractivity contribution in [3.63, 3.8) is 0 Å². The number of benzene rings is 2. The van der Waals surface area contributed by atoms with Crippen molar-refractivity contribution in [3.05, 3.63) is 54.3 Å². The van der Waals surface area contributed by atoms with Crippen LogP contribution in [0.1, 0.15) is 6.92 Å². The zero-order valence-electron chi connectivity index (χ0n) is 12.8. The molecule has 0 heterocycles. The van der Waals surface area contributed by atoms with Gasteiger partial charge in [-0.15, -0.1) is 0 Å². The second-order valence-corrected chi connectivity index (χ2v) is 5.15. The van der Waals surface area contributed by atoms with Crippen LogP contribution < -0.4 is 15.0 Å². The van der Waals surface area contributed by atoms with Crippen molar-refractivity contribution in [3.8, 4) is 5.75 Å². The third-order valence-corrected chi connectivity index (χ3v) is 3.13. The van der Waals surface area contributed by atoms with Crippen molar-refractivity contribution < 1.29 is 13.9 Å². The normalized spacial score (nSPS) is 11.6. The molecular formula is C17H19FN2O2. The van der Waals surface area contributed by atoms with Crippen molar-refractivity contribution in [2.75, 3.05) is 24.3 Å². The van der Waals surface area contributed by atoms with Crippen LogP contribution in [0, 0.1) is 5.82 Å². The predicted molar refractivity (Wildman–Crippen MR) is 85.9 cm³/mol. The lowest BCUT2D eigenvalue weighted by molar-refractivity contribution is -0.122. The number of carbonyl (C=O) groups is 1. The molecule has 1 unspecified atom stereocenters. The van der Waals surface area contributed by atoms with Crippen molar-refractivity contribution in [2.45, 2.75) is 13.0 Å². The van der Waals surface area contributed by atoms with Crippen molar-refractivity contribution in [1.29, 1.82) is 0 Å². The van der Waals surface area contributed by atoms with Crippen LogP contribution >= 0.6 is 0 Å². The Kier molecular flexibility index (Phi) is 4.99. The molecule has 116 valence electrons. The minimum absolute atomic E-state index is 0.290. The van der Waals surface area contributed by atoms with Gasteiger partial charge in [-0.25, -0.2) is 4.39 Å². The molecule has 0 aromatic heterocycles. The summed E-state index contributed by atoms with van der Waals surface area (Å²) in [6.07, 6.45) is -0.727. The van der Waals surface area contributed by atoms with Crippen LogP contribution in [0.25, 0.3) is 0 Å². The highest BCUT2D eigenvalue weighted by atomic mass is 19.1. The standard InChI is InChI=1S/C17H19FN2O2/c1-12(22-16-6-4-5-13(18)11-16)17(21)19-14-7-9-15(10-8-14)20(2)3/h4-12H,1-3H3,(H,19,21). The maximum atomic E-state index is 13.1. The Labute approximate surface area is 129 Å². The number of ether oxygens (including phenoxy) is 1. The lowest BCUT2D eigenvalue weighted by Crippen LogP contribution is -2.30. The quantitative estimate of drug-likeness (QED) is 0.921. The van der Waals surface area contributed by atoms with Gasteiger partial charge >= 0.3 is 0 Å². The van der Waals surface area contributed by atoms with E-state index in [4.69, 9.17) is 4.74 Å². The molecule has 5 heteroatoms. The van der Waals surface area contributed by atoms with Gasteiger partial charge in [0.1, 0.15) is 11.6 Å². The van der Waals surface area contributed by atoms with Crippen molar-refractivity contribution in [2.24, 2.45) is 0 Å². The number of amides is 1. The van der Waals surface area contributed by atoms with Crippen LogP contribution in [0.5, 0.6) is 5.75 Å². The number of anilines is 2. The molecule has 2 aromatic carbocycles. The number of halogens is 1. The summed E-state index contributed by atoms with van der Waals surface area (Å²) in [6, 6.07) is 13.2. The maximum absolute atomic E-state index is 13.1. The topological polar surface area (TPSA) is 41.6 Å². The maximum Gasteiger partial charge on any atom is 0.265 e. The summed E-state index contributed by atoms with van der Waals surface area (Å²) in [5.41, 5.74) is 1.73.